The van der Waals surface area contributed by atoms with Crippen LogP contribution in [0.5, 0.6) is 28.7 Å². The fraction of sp³-hybridized carbons (Fsp3) is 0.487. The van der Waals surface area contributed by atoms with E-state index < -0.39 is 23.6 Å². The van der Waals surface area contributed by atoms with Gasteiger partial charge in [0.15, 0.2) is 23.0 Å². The maximum atomic E-state index is 13.7. The van der Waals surface area contributed by atoms with Crippen molar-refractivity contribution in [2.75, 3.05) is 40.5 Å². The molecular weight excluding hydrogens is 718 g/mol. The van der Waals surface area contributed by atoms with Gasteiger partial charge < -0.3 is 28.4 Å². The number of ether oxygens (including phenoxy) is 6. The van der Waals surface area contributed by atoms with Crippen molar-refractivity contribution in [3.8, 4) is 28.7 Å². The zero-order valence-electron chi connectivity index (χ0n) is 29.2. The van der Waals surface area contributed by atoms with E-state index in [1.54, 1.807) is 43.8 Å². The second kappa shape index (κ2) is 15.3. The molecule has 278 valence electrons. The van der Waals surface area contributed by atoms with E-state index in [0.717, 1.165) is 54.2 Å². The molecule has 3 aliphatic heterocycles. The molecule has 7 rings (SSSR count). The molecule has 2 fully saturated rings. The molecule has 52 heavy (non-hydrogen) atoms. The zero-order valence-corrected chi connectivity index (χ0v) is 30.8. The van der Waals surface area contributed by atoms with Gasteiger partial charge in [-0.05, 0) is 89.6 Å². The molecule has 1 aliphatic carbocycles. The number of hydrogen-bond acceptors (Lipinski definition) is 10. The Labute approximate surface area is 309 Å². The van der Waals surface area contributed by atoms with Gasteiger partial charge in [-0.15, -0.1) is 23.5 Å². The Kier molecular flexibility index (Phi) is 10.8. The summed E-state index contributed by atoms with van der Waals surface area (Å²) in [5.41, 5.74) is 2.68. The number of esters is 1. The number of carbonyl (C=O) groups is 2. The van der Waals surface area contributed by atoms with E-state index in [1.165, 1.54) is 19.2 Å². The molecule has 0 N–H and O–H groups in total. The van der Waals surface area contributed by atoms with Gasteiger partial charge in [0, 0.05) is 29.9 Å². The third kappa shape index (κ3) is 7.27. The number of benzene rings is 3. The van der Waals surface area contributed by atoms with E-state index in [4.69, 9.17) is 28.4 Å². The monoisotopic (exact) mass is 758 g/mol. The fourth-order valence-corrected chi connectivity index (χ4v) is 11.5. The van der Waals surface area contributed by atoms with E-state index in [-0.39, 0.29) is 48.0 Å². The molecule has 3 aromatic rings. The Hall–Kier alpha value is -3.71. The molecule has 3 aromatic carbocycles. The number of methoxy groups -OCH3 is 3. The molecule has 0 amide bonds. The summed E-state index contributed by atoms with van der Waals surface area (Å²) in [4.78, 5) is 27.2. The third-order valence-electron chi connectivity index (χ3n) is 10.6. The lowest BCUT2D eigenvalue weighted by atomic mass is 9.61. The van der Waals surface area contributed by atoms with E-state index in [1.807, 2.05) is 24.3 Å². The predicted molar refractivity (Wildman–Crippen MR) is 192 cm³/mol. The number of fused-ring (bicyclic) bond motifs is 3. The van der Waals surface area contributed by atoms with Gasteiger partial charge in [0.2, 0.25) is 12.5 Å². The summed E-state index contributed by atoms with van der Waals surface area (Å²) < 4.78 is 74.0. The maximum Gasteiger partial charge on any atom is 0.416 e. The van der Waals surface area contributed by atoms with Crippen LogP contribution in [0.2, 0.25) is 0 Å². The number of hydrogen-bond donors (Lipinski definition) is 0. The highest BCUT2D eigenvalue weighted by Gasteiger charge is 2.53. The molecule has 0 bridgehead atoms. The summed E-state index contributed by atoms with van der Waals surface area (Å²) in [5.74, 6) is 1.81. The van der Waals surface area contributed by atoms with Gasteiger partial charge >= 0.3 is 12.1 Å². The van der Waals surface area contributed by atoms with Crippen LogP contribution in [0.3, 0.4) is 0 Å². The molecule has 4 aliphatic rings. The number of Topliss-reactive ketones (excluding diaryl/α,β-unsaturated/α-hetero) is 1. The highest BCUT2D eigenvalue weighted by Crippen LogP contribution is 2.57. The van der Waals surface area contributed by atoms with Crippen LogP contribution in [0, 0.1) is 11.8 Å². The van der Waals surface area contributed by atoms with Gasteiger partial charge in [0.25, 0.3) is 0 Å². The van der Waals surface area contributed by atoms with Crippen molar-refractivity contribution < 1.29 is 51.2 Å². The minimum atomic E-state index is -4.37. The number of ketones is 1. The smallest absolute Gasteiger partial charge is 0.416 e. The van der Waals surface area contributed by atoms with Crippen LogP contribution in [0.4, 0.5) is 13.2 Å². The summed E-state index contributed by atoms with van der Waals surface area (Å²) in [6.07, 6.45) is -0.253. The molecule has 0 aromatic heterocycles. The van der Waals surface area contributed by atoms with Crippen LogP contribution in [0.1, 0.15) is 82.8 Å². The van der Waals surface area contributed by atoms with Crippen molar-refractivity contribution in [2.45, 2.75) is 66.4 Å². The van der Waals surface area contributed by atoms with Gasteiger partial charge in [-0.3, -0.25) is 9.59 Å². The lowest BCUT2D eigenvalue weighted by Crippen LogP contribution is -2.35. The maximum absolute atomic E-state index is 13.7. The minimum Gasteiger partial charge on any atom is -0.493 e. The van der Waals surface area contributed by atoms with Crippen LogP contribution in [-0.4, -0.2) is 57.5 Å². The van der Waals surface area contributed by atoms with Gasteiger partial charge in [-0.2, -0.15) is 13.2 Å². The summed E-state index contributed by atoms with van der Waals surface area (Å²) >= 11 is 3.42. The van der Waals surface area contributed by atoms with Crippen molar-refractivity contribution in [3.05, 3.63) is 76.3 Å². The fourth-order valence-electron chi connectivity index (χ4n) is 8.10. The first-order valence-corrected chi connectivity index (χ1v) is 19.4. The number of alkyl halides is 3. The Morgan fingerprint density at radius 2 is 1.63 bits per heavy atom. The van der Waals surface area contributed by atoms with Crippen LogP contribution >= 0.6 is 23.5 Å². The quantitative estimate of drug-likeness (QED) is 0.132. The lowest BCUT2D eigenvalue weighted by Gasteiger charge is -2.39. The first kappa shape index (κ1) is 36.6. The van der Waals surface area contributed by atoms with Gasteiger partial charge in [-0.1, -0.05) is 18.6 Å². The number of unbranched alkanes of at least 4 members (excludes halogenated alkanes) is 1. The van der Waals surface area contributed by atoms with E-state index in [9.17, 15) is 22.8 Å². The minimum absolute atomic E-state index is 0.0434. The van der Waals surface area contributed by atoms with Crippen LogP contribution < -0.4 is 23.7 Å². The molecule has 13 heteroatoms. The van der Waals surface area contributed by atoms with Gasteiger partial charge in [0.1, 0.15) is 5.78 Å². The summed E-state index contributed by atoms with van der Waals surface area (Å²) in [6, 6.07) is 13.2. The molecule has 0 radical (unpaired) electrons. The van der Waals surface area contributed by atoms with Crippen molar-refractivity contribution in [3.63, 3.8) is 0 Å². The predicted octanol–water partition coefficient (Wildman–Crippen LogP) is 8.94. The first-order chi connectivity index (χ1) is 25.1. The van der Waals surface area contributed by atoms with E-state index in [2.05, 4.69) is 0 Å². The number of carbonyl (C=O) groups excluding carboxylic acids is 2. The van der Waals surface area contributed by atoms with Crippen LogP contribution in [0.15, 0.2) is 48.5 Å². The Morgan fingerprint density at radius 1 is 0.904 bits per heavy atom. The van der Waals surface area contributed by atoms with Crippen LogP contribution in [0.25, 0.3) is 0 Å². The average molecular weight is 759 g/mol. The van der Waals surface area contributed by atoms with Crippen molar-refractivity contribution in [2.24, 2.45) is 11.8 Å². The van der Waals surface area contributed by atoms with E-state index >= 15 is 0 Å². The zero-order chi connectivity index (χ0) is 36.6. The normalized spacial score (nSPS) is 24.8. The Morgan fingerprint density at radius 3 is 2.33 bits per heavy atom. The SMILES string of the molecule is COc1cc([C@@H]2c3cc4c(cc3[C@H](CC(=O)CCCCC3CCSC(c5cccc(C(F)(F)F)c5)S3)[C@H]3COC(=O)[C@H]23)OCO4)cc(OC)c1OC. The third-order valence-corrected chi connectivity index (χ3v) is 13.7. The Balaban J connectivity index is 1.06. The Bertz CT molecular complexity index is 1790. The highest BCUT2D eigenvalue weighted by molar-refractivity contribution is 8.17. The molecule has 0 spiro atoms. The lowest BCUT2D eigenvalue weighted by molar-refractivity contribution is -0.141. The molecule has 2 unspecified atom stereocenters. The second-order valence-electron chi connectivity index (χ2n) is 13.6. The number of cyclic esters (lactones) is 1. The first-order valence-electron chi connectivity index (χ1n) is 17.5. The van der Waals surface area contributed by atoms with E-state index in [0.29, 0.717) is 46.0 Å². The largest absolute Gasteiger partial charge is 0.493 e. The van der Waals surface area contributed by atoms with Crippen molar-refractivity contribution >= 4 is 35.3 Å². The summed E-state index contributed by atoms with van der Waals surface area (Å²) in [5, 5.41) is 0.319. The number of halogens is 3. The highest BCUT2D eigenvalue weighted by atomic mass is 32.2. The summed E-state index contributed by atoms with van der Waals surface area (Å²) in [6.45, 7) is 0.296. The topological polar surface area (TPSA) is 89.5 Å². The van der Waals surface area contributed by atoms with Crippen molar-refractivity contribution in [1.29, 1.82) is 0 Å². The molecule has 8 nitrogen and oxygen atoms in total. The molecule has 3 heterocycles. The number of rotatable bonds is 12. The molecular formula is C39H41F3O8S2. The standard InChI is InChI=1S/C39H41F3O8S2/c1-45-32-14-22(15-33(46-2)36(32)47-3)34-28-18-31-30(49-20-50-31)17-27(28)26(29-19-48-37(44)35(29)34)16-24(43)9-4-5-10-25-11-12-51-38(52-25)21-7-6-8-23(13-21)39(40,41)42/h6-8,13-15,17-18,25-26,29,34-35,38H,4-5,9-12,16,19-20H2,1-3H3/t25?,26-,29+,34+,35-,38?/m0/s1. The molecule has 0 saturated carbocycles. The van der Waals surface area contributed by atoms with Gasteiger partial charge in [0.05, 0.1) is 44.0 Å². The second-order valence-corrected chi connectivity index (χ2v) is 16.5. The summed E-state index contributed by atoms with van der Waals surface area (Å²) in [7, 11) is 4.64. The van der Waals surface area contributed by atoms with Crippen LogP contribution in [-0.2, 0) is 20.5 Å². The molecule has 6 atom stereocenters. The molecule has 2 saturated heterocycles. The van der Waals surface area contributed by atoms with Crippen molar-refractivity contribution in [1.82, 2.24) is 0 Å². The van der Waals surface area contributed by atoms with Gasteiger partial charge in [-0.25, -0.2) is 0 Å². The average Bonchev–Trinajstić information content (AvgIpc) is 3.77. The number of thioether (sulfide) groups is 2.